The van der Waals surface area contributed by atoms with Crippen LogP contribution in [0.15, 0.2) is 48.5 Å². The number of para-hydroxylation sites is 2. The highest BCUT2D eigenvalue weighted by atomic mass is 19.1. The van der Waals surface area contributed by atoms with Gasteiger partial charge in [0.1, 0.15) is 24.2 Å². The Morgan fingerprint density at radius 2 is 1.71 bits per heavy atom. The van der Waals surface area contributed by atoms with Crippen molar-refractivity contribution in [3.63, 3.8) is 0 Å². The number of hydrogen-bond donors (Lipinski definition) is 2. The average Bonchev–Trinajstić information content (AvgIpc) is 2.88. The minimum absolute atomic E-state index is 0.142. The molecule has 1 fully saturated rings. The Hall–Kier alpha value is -3.29. The summed E-state index contributed by atoms with van der Waals surface area (Å²) in [5, 5.41) is 11.6. The summed E-state index contributed by atoms with van der Waals surface area (Å²) >= 11 is 0. The van der Waals surface area contributed by atoms with E-state index in [4.69, 9.17) is 4.74 Å². The van der Waals surface area contributed by atoms with Crippen LogP contribution >= 0.6 is 0 Å². The largest absolute Gasteiger partial charge is 0.487 e. The van der Waals surface area contributed by atoms with Gasteiger partial charge in [0.2, 0.25) is 5.91 Å². The summed E-state index contributed by atoms with van der Waals surface area (Å²) in [6.45, 7) is 10.8. The van der Waals surface area contributed by atoms with Crippen molar-refractivity contribution in [3.05, 3.63) is 59.9 Å². The van der Waals surface area contributed by atoms with Gasteiger partial charge >= 0.3 is 6.09 Å². The van der Waals surface area contributed by atoms with Gasteiger partial charge in [-0.3, -0.25) is 4.79 Å². The lowest BCUT2D eigenvalue weighted by atomic mass is 9.98. The van der Waals surface area contributed by atoms with Crippen LogP contribution in [-0.4, -0.2) is 53.7 Å². The first-order valence-corrected chi connectivity index (χ1v) is 13.6. The van der Waals surface area contributed by atoms with E-state index < -0.39 is 12.1 Å². The van der Waals surface area contributed by atoms with E-state index >= 15 is 0 Å². The van der Waals surface area contributed by atoms with Crippen LogP contribution in [0.5, 0.6) is 5.75 Å². The standard InChI is InChI=1S/C30H42FN3O4/c1-21(2)13-18-34(27-7-5-6-8-28(27)38-20-23-9-11-24(31)12-10-23)25-14-16-33(17-15-25)29(35)26(19-22(3)4)32-30(36)37/h5-12,21-22,25-26,32H,13-20H2,1-4H3,(H,36,37). The molecule has 38 heavy (non-hydrogen) atoms. The number of likely N-dealkylation sites (tertiary alicyclic amines) is 1. The fraction of sp³-hybridized carbons (Fsp3) is 0.533. The molecule has 0 radical (unpaired) electrons. The van der Waals surface area contributed by atoms with Crippen LogP contribution in [0.25, 0.3) is 0 Å². The Balaban J connectivity index is 1.73. The molecular formula is C30H42FN3O4. The van der Waals surface area contributed by atoms with Gasteiger partial charge in [0.25, 0.3) is 0 Å². The second-order valence-corrected chi connectivity index (χ2v) is 10.9. The van der Waals surface area contributed by atoms with Crippen LogP contribution in [0.4, 0.5) is 14.9 Å². The maximum atomic E-state index is 13.3. The molecule has 2 N–H and O–H groups in total. The van der Waals surface area contributed by atoms with Gasteiger partial charge in [0.05, 0.1) is 5.69 Å². The summed E-state index contributed by atoms with van der Waals surface area (Å²) in [6, 6.07) is 13.8. The van der Waals surface area contributed by atoms with E-state index in [1.165, 1.54) is 12.1 Å². The number of rotatable bonds is 12. The number of piperidine rings is 1. The summed E-state index contributed by atoms with van der Waals surface area (Å²) < 4.78 is 19.5. The van der Waals surface area contributed by atoms with Gasteiger partial charge in [-0.15, -0.1) is 0 Å². The molecule has 0 aromatic heterocycles. The van der Waals surface area contributed by atoms with Gasteiger partial charge in [0.15, 0.2) is 0 Å². The molecule has 1 heterocycles. The smallest absolute Gasteiger partial charge is 0.405 e. The third-order valence-corrected chi connectivity index (χ3v) is 6.95. The Labute approximate surface area is 226 Å². The lowest BCUT2D eigenvalue weighted by Crippen LogP contribution is -2.53. The maximum absolute atomic E-state index is 13.3. The van der Waals surface area contributed by atoms with Crippen molar-refractivity contribution in [2.75, 3.05) is 24.5 Å². The molecule has 1 aliphatic rings. The quantitative estimate of drug-likeness (QED) is 0.358. The highest BCUT2D eigenvalue weighted by Gasteiger charge is 2.32. The third kappa shape index (κ3) is 8.64. The highest BCUT2D eigenvalue weighted by molar-refractivity contribution is 5.85. The zero-order valence-corrected chi connectivity index (χ0v) is 23.0. The first kappa shape index (κ1) is 29.3. The lowest BCUT2D eigenvalue weighted by Gasteiger charge is -2.41. The van der Waals surface area contributed by atoms with E-state index in [1.54, 1.807) is 17.0 Å². The molecule has 1 atom stereocenters. The number of ether oxygens (including phenoxy) is 1. The maximum Gasteiger partial charge on any atom is 0.405 e. The fourth-order valence-corrected chi connectivity index (χ4v) is 4.92. The Bertz CT molecular complexity index is 1040. The number of carboxylic acid groups (broad SMARTS) is 1. The molecule has 0 spiro atoms. The molecule has 0 saturated carbocycles. The summed E-state index contributed by atoms with van der Waals surface area (Å²) in [6.07, 6.45) is 1.90. The van der Waals surface area contributed by atoms with Gasteiger partial charge in [-0.05, 0) is 67.3 Å². The number of carbonyl (C=O) groups excluding carboxylic acids is 1. The van der Waals surface area contributed by atoms with Crippen LogP contribution in [0.1, 0.15) is 58.9 Å². The minimum Gasteiger partial charge on any atom is -0.487 e. The van der Waals surface area contributed by atoms with E-state index in [9.17, 15) is 19.1 Å². The summed E-state index contributed by atoms with van der Waals surface area (Å²) in [5.74, 6) is 1.10. The SMILES string of the molecule is CC(C)CCN(c1ccccc1OCc1ccc(F)cc1)C1CCN(C(=O)C(CC(C)C)NC(=O)O)CC1. The molecule has 1 saturated heterocycles. The fourth-order valence-electron chi connectivity index (χ4n) is 4.92. The summed E-state index contributed by atoms with van der Waals surface area (Å²) in [4.78, 5) is 28.7. The number of nitrogens with zero attached hydrogens (tertiary/aromatic N) is 2. The molecular weight excluding hydrogens is 485 g/mol. The zero-order valence-electron chi connectivity index (χ0n) is 23.0. The number of carbonyl (C=O) groups is 2. The Morgan fingerprint density at radius 3 is 2.32 bits per heavy atom. The molecule has 3 rings (SSSR count). The van der Waals surface area contributed by atoms with Crippen molar-refractivity contribution in [1.82, 2.24) is 10.2 Å². The molecule has 7 nitrogen and oxygen atoms in total. The van der Waals surface area contributed by atoms with Gasteiger partial charge < -0.3 is 25.0 Å². The highest BCUT2D eigenvalue weighted by Crippen LogP contribution is 2.33. The van der Waals surface area contributed by atoms with Crippen LogP contribution in [0.3, 0.4) is 0 Å². The first-order chi connectivity index (χ1) is 18.1. The van der Waals surface area contributed by atoms with Crippen molar-refractivity contribution in [2.45, 2.75) is 72.1 Å². The molecule has 1 unspecified atom stereocenters. The van der Waals surface area contributed by atoms with Gasteiger partial charge in [-0.2, -0.15) is 0 Å². The molecule has 208 valence electrons. The molecule has 0 bridgehead atoms. The Kier molecular flexibility index (Phi) is 10.8. The molecule has 2 aromatic rings. The van der Waals surface area contributed by atoms with Gasteiger partial charge in [0, 0.05) is 25.7 Å². The topological polar surface area (TPSA) is 82.1 Å². The van der Waals surface area contributed by atoms with Crippen molar-refractivity contribution in [2.24, 2.45) is 11.8 Å². The van der Waals surface area contributed by atoms with E-state index in [2.05, 4.69) is 30.1 Å². The van der Waals surface area contributed by atoms with Crippen LogP contribution in [-0.2, 0) is 11.4 Å². The predicted molar refractivity (Wildman–Crippen MR) is 148 cm³/mol. The molecule has 0 aliphatic carbocycles. The molecule has 8 heteroatoms. The van der Waals surface area contributed by atoms with Gasteiger partial charge in [-0.25, -0.2) is 9.18 Å². The predicted octanol–water partition coefficient (Wildman–Crippen LogP) is 5.93. The number of nitrogens with one attached hydrogen (secondary N) is 1. The van der Waals surface area contributed by atoms with Crippen LogP contribution < -0.4 is 15.0 Å². The lowest BCUT2D eigenvalue weighted by molar-refractivity contribution is -0.134. The van der Waals surface area contributed by atoms with E-state index in [0.717, 1.165) is 42.8 Å². The van der Waals surface area contributed by atoms with E-state index in [1.807, 2.05) is 32.0 Å². The number of anilines is 1. The van der Waals surface area contributed by atoms with Crippen molar-refractivity contribution < 1.29 is 23.8 Å². The van der Waals surface area contributed by atoms with Crippen molar-refractivity contribution in [1.29, 1.82) is 0 Å². The summed E-state index contributed by atoms with van der Waals surface area (Å²) in [5.41, 5.74) is 1.91. The van der Waals surface area contributed by atoms with Gasteiger partial charge in [-0.1, -0.05) is 52.0 Å². The zero-order chi connectivity index (χ0) is 27.7. The molecule has 1 aliphatic heterocycles. The second kappa shape index (κ2) is 14.0. The molecule has 2 amide bonds. The van der Waals surface area contributed by atoms with E-state index in [-0.39, 0.29) is 23.7 Å². The van der Waals surface area contributed by atoms with Crippen LogP contribution in [0, 0.1) is 17.7 Å². The van der Waals surface area contributed by atoms with Crippen molar-refractivity contribution >= 4 is 17.7 Å². The first-order valence-electron chi connectivity index (χ1n) is 13.6. The Morgan fingerprint density at radius 1 is 1.05 bits per heavy atom. The van der Waals surface area contributed by atoms with Crippen molar-refractivity contribution in [3.8, 4) is 5.75 Å². The monoisotopic (exact) mass is 527 g/mol. The van der Waals surface area contributed by atoms with E-state index in [0.29, 0.717) is 32.0 Å². The number of amides is 2. The summed E-state index contributed by atoms with van der Waals surface area (Å²) in [7, 11) is 0. The third-order valence-electron chi connectivity index (χ3n) is 6.95. The minimum atomic E-state index is -1.17. The number of benzene rings is 2. The normalized spacial score (nSPS) is 15.0. The average molecular weight is 528 g/mol. The second-order valence-electron chi connectivity index (χ2n) is 10.9. The molecule has 2 aromatic carbocycles. The number of hydrogen-bond acceptors (Lipinski definition) is 4. The number of halogens is 1. The van der Waals surface area contributed by atoms with Crippen LogP contribution in [0.2, 0.25) is 0 Å².